The van der Waals surface area contributed by atoms with Crippen LogP contribution in [0.3, 0.4) is 0 Å². The average molecular weight is 593 g/mol. The Morgan fingerprint density at radius 2 is 1.86 bits per heavy atom. The minimum Gasteiger partial charge on any atom is -0.355 e. The van der Waals surface area contributed by atoms with Crippen LogP contribution >= 0.6 is 0 Å². The minimum atomic E-state index is -4.10. The summed E-state index contributed by atoms with van der Waals surface area (Å²) in [5, 5.41) is 3.29. The summed E-state index contributed by atoms with van der Waals surface area (Å²) < 4.78 is 43.9. The van der Waals surface area contributed by atoms with Crippen LogP contribution in [0.15, 0.2) is 70.7 Å². The largest absolute Gasteiger partial charge is 0.355 e. The van der Waals surface area contributed by atoms with Crippen molar-refractivity contribution in [3.8, 4) is 0 Å². The van der Waals surface area contributed by atoms with E-state index in [1.165, 1.54) is 36.4 Å². The maximum Gasteiger partial charge on any atom is 0.261 e. The number of halogens is 1. The number of carbonyl (C=O) groups is 2. The number of amides is 2. The molecule has 2 aliphatic rings. The Kier molecular flexibility index (Phi) is 7.05. The number of benzene rings is 2. The van der Waals surface area contributed by atoms with E-state index in [0.29, 0.717) is 25.2 Å². The Labute approximate surface area is 240 Å². The number of aromatic nitrogens is 3. The van der Waals surface area contributed by atoms with Crippen molar-refractivity contribution in [2.24, 2.45) is 18.9 Å². The van der Waals surface area contributed by atoms with Crippen LogP contribution in [-0.4, -0.2) is 59.3 Å². The normalized spacial score (nSPS) is 18.8. The van der Waals surface area contributed by atoms with Gasteiger partial charge in [-0.25, -0.2) is 17.8 Å². The summed E-state index contributed by atoms with van der Waals surface area (Å²) in [5.74, 6) is -1.04. The molecule has 1 saturated heterocycles. The lowest BCUT2D eigenvalue weighted by molar-refractivity contribution is -0.122. The number of fused-ring (bicyclic) bond motifs is 1. The van der Waals surface area contributed by atoms with Gasteiger partial charge < -0.3 is 19.8 Å². The fraction of sp³-hybridized carbons (Fsp3) is 0.310. The van der Waals surface area contributed by atoms with Crippen molar-refractivity contribution in [1.82, 2.24) is 24.8 Å². The highest BCUT2D eigenvalue weighted by atomic mass is 32.2. The molecule has 1 saturated carbocycles. The fourth-order valence-electron chi connectivity index (χ4n) is 5.50. The van der Waals surface area contributed by atoms with Crippen LogP contribution in [0.2, 0.25) is 0 Å². The third-order valence-corrected chi connectivity index (χ3v) is 9.28. The van der Waals surface area contributed by atoms with Gasteiger partial charge in [-0.3, -0.25) is 19.1 Å². The Bertz CT molecular complexity index is 1850. The number of rotatable bonds is 8. The molecule has 218 valence electrons. The van der Waals surface area contributed by atoms with E-state index < -0.39 is 27.3 Å². The van der Waals surface area contributed by atoms with Gasteiger partial charge in [0.1, 0.15) is 5.82 Å². The lowest BCUT2D eigenvalue weighted by Gasteiger charge is -2.18. The van der Waals surface area contributed by atoms with Crippen molar-refractivity contribution in [2.75, 3.05) is 24.4 Å². The van der Waals surface area contributed by atoms with Crippen molar-refractivity contribution in [2.45, 2.75) is 23.7 Å². The summed E-state index contributed by atoms with van der Waals surface area (Å²) in [6.45, 7) is 1.06. The van der Waals surface area contributed by atoms with Gasteiger partial charge in [0.2, 0.25) is 11.5 Å². The van der Waals surface area contributed by atoms with E-state index in [4.69, 9.17) is 0 Å². The molecule has 2 amide bonds. The third-order valence-electron chi connectivity index (χ3n) is 7.90. The van der Waals surface area contributed by atoms with Gasteiger partial charge in [-0.2, -0.15) is 0 Å². The Morgan fingerprint density at radius 1 is 1.10 bits per heavy atom. The minimum absolute atomic E-state index is 0.0205. The predicted octanol–water partition coefficient (Wildman–Crippen LogP) is 2.58. The van der Waals surface area contributed by atoms with Crippen LogP contribution < -0.4 is 15.6 Å². The summed E-state index contributed by atoms with van der Waals surface area (Å²) in [7, 11) is -2.22. The molecule has 11 nitrogen and oxygen atoms in total. The summed E-state index contributed by atoms with van der Waals surface area (Å²) in [4.78, 5) is 47.3. The number of hydrogen-bond acceptors (Lipinski definition) is 6. The van der Waals surface area contributed by atoms with Crippen molar-refractivity contribution in [3.63, 3.8) is 0 Å². The summed E-state index contributed by atoms with van der Waals surface area (Å²) in [6, 6.07) is 10.2. The summed E-state index contributed by atoms with van der Waals surface area (Å²) in [5.41, 5.74) is 0.974. The smallest absolute Gasteiger partial charge is 0.261 e. The first-order valence-electron chi connectivity index (χ1n) is 13.6. The molecule has 3 N–H and O–H groups in total. The number of pyridine rings is 1. The van der Waals surface area contributed by atoms with Gasteiger partial charge in [-0.05, 0) is 55.3 Å². The highest BCUT2D eigenvalue weighted by molar-refractivity contribution is 7.92. The second kappa shape index (κ2) is 10.7. The predicted molar refractivity (Wildman–Crippen MR) is 153 cm³/mol. The molecule has 0 unspecified atom stereocenters. The lowest BCUT2D eigenvalue weighted by atomic mass is 9.93. The summed E-state index contributed by atoms with van der Waals surface area (Å²) >= 11 is 0. The molecule has 2 aromatic carbocycles. The van der Waals surface area contributed by atoms with Crippen LogP contribution in [0.25, 0.3) is 10.9 Å². The van der Waals surface area contributed by atoms with Crippen LogP contribution in [0, 0.1) is 17.7 Å². The second-order valence-corrected chi connectivity index (χ2v) is 12.6. The number of anilines is 1. The number of nitrogens with zero attached hydrogens (tertiary/aromatic N) is 3. The van der Waals surface area contributed by atoms with E-state index in [9.17, 15) is 27.2 Å². The molecular formula is C29H29FN6O5S. The number of imidazole rings is 1. The molecule has 0 spiro atoms. The van der Waals surface area contributed by atoms with E-state index in [1.54, 1.807) is 17.4 Å². The van der Waals surface area contributed by atoms with Gasteiger partial charge in [0.15, 0.2) is 0 Å². The van der Waals surface area contributed by atoms with E-state index in [-0.39, 0.29) is 45.2 Å². The number of likely N-dealkylation sites (tertiary alicyclic amines) is 1. The Balaban J connectivity index is 1.31. The van der Waals surface area contributed by atoms with Gasteiger partial charge >= 0.3 is 0 Å². The number of hydrogen-bond donors (Lipinski definition) is 3. The van der Waals surface area contributed by atoms with E-state index in [0.717, 1.165) is 30.7 Å². The SMILES string of the molecule is Cn1cncc1[C@@H]1CN(C(=O)c2cc(=O)[nH]c3ccc(S(=O)(=O)Nc4ccc(F)cc4)cc23)C[C@H]1CNC(=O)C1CC1. The number of nitrogens with one attached hydrogen (secondary N) is 3. The zero-order valence-electron chi connectivity index (χ0n) is 22.7. The van der Waals surface area contributed by atoms with Gasteiger partial charge in [0, 0.05) is 79.0 Å². The van der Waals surface area contributed by atoms with Gasteiger partial charge in [0.05, 0.1) is 16.8 Å². The molecule has 0 radical (unpaired) electrons. The maximum atomic E-state index is 14.0. The van der Waals surface area contributed by atoms with Crippen LogP contribution in [-0.2, 0) is 21.9 Å². The van der Waals surface area contributed by atoms with E-state index >= 15 is 0 Å². The second-order valence-electron chi connectivity index (χ2n) is 10.9. The van der Waals surface area contributed by atoms with Crippen LogP contribution in [0.4, 0.5) is 10.1 Å². The topological polar surface area (TPSA) is 146 Å². The highest BCUT2D eigenvalue weighted by Gasteiger charge is 2.39. The lowest BCUT2D eigenvalue weighted by Crippen LogP contribution is -2.34. The zero-order chi connectivity index (χ0) is 29.6. The Morgan fingerprint density at radius 3 is 2.55 bits per heavy atom. The highest BCUT2D eigenvalue weighted by Crippen LogP contribution is 2.35. The number of H-pyrrole nitrogens is 1. The first-order valence-corrected chi connectivity index (χ1v) is 15.1. The van der Waals surface area contributed by atoms with E-state index in [1.807, 2.05) is 11.6 Å². The quantitative estimate of drug-likeness (QED) is 0.287. The van der Waals surface area contributed by atoms with E-state index in [2.05, 4.69) is 20.0 Å². The molecule has 1 aliphatic carbocycles. The monoisotopic (exact) mass is 592 g/mol. The average Bonchev–Trinajstić information content (AvgIpc) is 3.60. The molecule has 3 heterocycles. The molecule has 6 rings (SSSR count). The molecule has 2 fully saturated rings. The molecule has 1 aliphatic heterocycles. The number of aryl methyl sites for hydroxylation is 1. The summed E-state index contributed by atoms with van der Waals surface area (Å²) in [6.07, 6.45) is 5.21. The number of carbonyl (C=O) groups excluding carboxylic acids is 2. The van der Waals surface area contributed by atoms with Gasteiger partial charge in [0.25, 0.3) is 15.9 Å². The van der Waals surface area contributed by atoms with Crippen molar-refractivity contribution < 1.29 is 22.4 Å². The molecular weight excluding hydrogens is 563 g/mol. The molecule has 2 atom stereocenters. The van der Waals surface area contributed by atoms with Crippen molar-refractivity contribution >= 4 is 38.4 Å². The standard InChI is InChI=1S/C29H29FN6O5S/c1-35-16-31-13-26(35)24-15-36(14-18(24)12-32-28(38)17-2-3-17)29(39)23-11-27(37)33-25-9-8-21(10-22(23)25)42(40,41)34-20-6-4-19(30)5-7-20/h4-11,13,16-18,24,34H,2-3,12,14-15H2,1H3,(H,32,38)(H,33,37)/t18-,24-/m1/s1. The molecule has 2 aromatic heterocycles. The first-order chi connectivity index (χ1) is 20.1. The van der Waals surface area contributed by atoms with Crippen LogP contribution in [0.5, 0.6) is 0 Å². The first kappa shape index (κ1) is 27.6. The van der Waals surface area contributed by atoms with Crippen molar-refractivity contribution in [1.29, 1.82) is 0 Å². The molecule has 0 bridgehead atoms. The van der Waals surface area contributed by atoms with Crippen molar-refractivity contribution in [3.05, 3.63) is 88.5 Å². The zero-order valence-corrected chi connectivity index (χ0v) is 23.5. The fourth-order valence-corrected chi connectivity index (χ4v) is 6.59. The number of sulfonamides is 1. The van der Waals surface area contributed by atoms with Gasteiger partial charge in [-0.15, -0.1) is 0 Å². The maximum absolute atomic E-state index is 14.0. The molecule has 13 heteroatoms. The third kappa shape index (κ3) is 5.51. The van der Waals surface area contributed by atoms with Crippen LogP contribution in [0.1, 0.15) is 34.8 Å². The molecule has 42 heavy (non-hydrogen) atoms. The number of aromatic amines is 1. The Hall–Kier alpha value is -4.52. The molecule has 4 aromatic rings. The van der Waals surface area contributed by atoms with Gasteiger partial charge in [-0.1, -0.05) is 0 Å².